The summed E-state index contributed by atoms with van der Waals surface area (Å²) < 4.78 is 5.24. The van der Waals surface area contributed by atoms with Gasteiger partial charge < -0.3 is 15.2 Å². The van der Waals surface area contributed by atoms with Crippen LogP contribution in [0.3, 0.4) is 0 Å². The minimum atomic E-state index is 0. The van der Waals surface area contributed by atoms with E-state index >= 15 is 0 Å². The fourth-order valence-corrected chi connectivity index (χ4v) is 4.62. The van der Waals surface area contributed by atoms with Crippen molar-refractivity contribution >= 4 is 30.1 Å². The minimum Gasteiger partial charge on any atom is -0.361 e. The summed E-state index contributed by atoms with van der Waals surface area (Å²) in [4.78, 5) is 16.0. The van der Waals surface area contributed by atoms with Crippen LogP contribution in [-0.2, 0) is 5.75 Å². The summed E-state index contributed by atoms with van der Waals surface area (Å²) in [7, 11) is 0. The van der Waals surface area contributed by atoms with Crippen LogP contribution < -0.4 is 5.73 Å². The number of nitrogens with two attached hydrogens (primary N) is 1. The molecule has 7 heteroatoms. The summed E-state index contributed by atoms with van der Waals surface area (Å²) >= 11 is 1.66. The highest BCUT2D eigenvalue weighted by Gasteiger charge is 2.26. The zero-order chi connectivity index (χ0) is 18.7. The molecule has 1 aromatic carbocycles. The number of likely N-dealkylation sites (tertiary alicyclic amines) is 1. The molecule has 0 bridgehead atoms. The molecule has 1 saturated heterocycles. The van der Waals surface area contributed by atoms with Crippen molar-refractivity contribution in [2.75, 3.05) is 13.1 Å². The Morgan fingerprint density at radius 3 is 2.59 bits per heavy atom. The summed E-state index contributed by atoms with van der Waals surface area (Å²) in [5.74, 6) is 2.23. The molecule has 0 saturated carbocycles. The van der Waals surface area contributed by atoms with Gasteiger partial charge in [0.15, 0.2) is 0 Å². The molecule has 1 aliphatic rings. The zero-order valence-electron chi connectivity index (χ0n) is 16.1. The van der Waals surface area contributed by atoms with Gasteiger partial charge in [0.25, 0.3) is 5.91 Å². The molecule has 0 radical (unpaired) electrons. The highest BCUT2D eigenvalue weighted by Crippen LogP contribution is 2.30. The van der Waals surface area contributed by atoms with Gasteiger partial charge in [-0.25, -0.2) is 0 Å². The topological polar surface area (TPSA) is 72.4 Å². The van der Waals surface area contributed by atoms with E-state index in [0.717, 1.165) is 59.2 Å². The quantitative estimate of drug-likeness (QED) is 0.749. The molecule has 3 rings (SSSR count). The molecule has 27 heavy (non-hydrogen) atoms. The Bertz CT molecular complexity index is 751. The molecular weight excluding hydrogens is 382 g/mol. The largest absolute Gasteiger partial charge is 0.361 e. The molecule has 2 N–H and O–H groups in total. The van der Waals surface area contributed by atoms with E-state index in [4.69, 9.17) is 10.3 Å². The Kier molecular flexibility index (Phi) is 7.77. The van der Waals surface area contributed by atoms with Crippen molar-refractivity contribution in [1.29, 1.82) is 0 Å². The van der Waals surface area contributed by atoms with Crippen molar-refractivity contribution in [1.82, 2.24) is 10.1 Å². The van der Waals surface area contributed by atoms with E-state index in [9.17, 15) is 4.79 Å². The van der Waals surface area contributed by atoms with Crippen molar-refractivity contribution < 1.29 is 9.32 Å². The summed E-state index contributed by atoms with van der Waals surface area (Å²) in [6.45, 7) is 7.51. The van der Waals surface area contributed by atoms with E-state index in [0.29, 0.717) is 5.92 Å². The van der Waals surface area contributed by atoms with Gasteiger partial charge in [-0.3, -0.25) is 4.79 Å². The highest BCUT2D eigenvalue weighted by molar-refractivity contribution is 7.98. The first-order chi connectivity index (χ1) is 12.5. The van der Waals surface area contributed by atoms with E-state index in [2.05, 4.69) is 12.1 Å². The normalized spacial score (nSPS) is 16.1. The first-order valence-electron chi connectivity index (χ1n) is 9.15. The van der Waals surface area contributed by atoms with Crippen LogP contribution in [0.25, 0.3) is 0 Å². The Labute approximate surface area is 171 Å². The molecule has 1 amide bonds. The lowest BCUT2D eigenvalue weighted by Crippen LogP contribution is -2.42. The van der Waals surface area contributed by atoms with Crippen molar-refractivity contribution in [2.45, 2.75) is 50.3 Å². The van der Waals surface area contributed by atoms with Crippen LogP contribution in [0.5, 0.6) is 0 Å². The van der Waals surface area contributed by atoms with Crippen molar-refractivity contribution in [2.24, 2.45) is 11.7 Å². The molecule has 1 atom stereocenters. The maximum absolute atomic E-state index is 13.0. The van der Waals surface area contributed by atoms with Gasteiger partial charge in [-0.2, -0.15) is 0 Å². The fraction of sp³-hybridized carbons (Fsp3) is 0.500. The second-order valence-corrected chi connectivity index (χ2v) is 8.09. The number of benzene rings is 1. The Morgan fingerprint density at radius 2 is 2.00 bits per heavy atom. The van der Waals surface area contributed by atoms with E-state index < -0.39 is 0 Å². The van der Waals surface area contributed by atoms with Gasteiger partial charge in [-0.1, -0.05) is 17.3 Å². The average molecular weight is 410 g/mol. The van der Waals surface area contributed by atoms with Crippen molar-refractivity contribution in [3.05, 3.63) is 46.8 Å². The third kappa shape index (κ3) is 5.06. The maximum atomic E-state index is 13.0. The van der Waals surface area contributed by atoms with Crippen molar-refractivity contribution in [3.8, 4) is 0 Å². The molecule has 1 aromatic heterocycles. The molecule has 1 unspecified atom stereocenters. The molecule has 148 valence electrons. The maximum Gasteiger partial charge on any atom is 0.254 e. The van der Waals surface area contributed by atoms with Gasteiger partial charge in [-0.05, 0) is 51.7 Å². The number of carbonyl (C=O) groups is 1. The number of amides is 1. The number of nitrogens with zero attached hydrogens (tertiary/aromatic N) is 2. The zero-order valence-corrected chi connectivity index (χ0v) is 17.7. The van der Waals surface area contributed by atoms with Gasteiger partial charge in [0.1, 0.15) is 5.76 Å². The van der Waals surface area contributed by atoms with Crippen LogP contribution in [0, 0.1) is 19.8 Å². The van der Waals surface area contributed by atoms with Crippen LogP contribution in [0.2, 0.25) is 0 Å². The fourth-order valence-electron chi connectivity index (χ4n) is 3.43. The first-order valence-corrected chi connectivity index (χ1v) is 10.1. The second kappa shape index (κ2) is 9.62. The number of piperidine rings is 1. The standard InChI is InChI=1S/C20H27N3O2S.ClH/c1-13(21)16-8-10-23(11-9-16)20(24)17-6-4-5-7-19(17)26-12-18-14(2)22-25-15(18)3;/h4-7,13,16H,8-12,21H2,1-3H3;1H. The van der Waals surface area contributed by atoms with Gasteiger partial charge >= 0.3 is 0 Å². The molecule has 5 nitrogen and oxygen atoms in total. The summed E-state index contributed by atoms with van der Waals surface area (Å²) in [5.41, 5.74) is 8.82. The number of aryl methyl sites for hydroxylation is 2. The number of carbonyl (C=O) groups excluding carboxylic acids is 1. The van der Waals surface area contributed by atoms with Crippen LogP contribution >= 0.6 is 24.2 Å². The monoisotopic (exact) mass is 409 g/mol. The number of halogens is 1. The van der Waals surface area contributed by atoms with Crippen LogP contribution in [-0.4, -0.2) is 35.1 Å². The Hall–Kier alpha value is -1.50. The van der Waals surface area contributed by atoms with Crippen molar-refractivity contribution in [3.63, 3.8) is 0 Å². The number of rotatable bonds is 5. The van der Waals surface area contributed by atoms with Gasteiger partial charge in [0.2, 0.25) is 0 Å². The number of hydrogen-bond donors (Lipinski definition) is 1. The minimum absolute atomic E-state index is 0. The van der Waals surface area contributed by atoms with Gasteiger partial charge in [-0.15, -0.1) is 24.2 Å². The molecule has 2 aromatic rings. The predicted octanol–water partition coefficient (Wildman–Crippen LogP) is 4.20. The summed E-state index contributed by atoms with van der Waals surface area (Å²) in [5, 5.41) is 4.01. The summed E-state index contributed by atoms with van der Waals surface area (Å²) in [6.07, 6.45) is 1.97. The Balaban J connectivity index is 0.00000261. The Morgan fingerprint density at radius 1 is 1.33 bits per heavy atom. The molecule has 0 aliphatic carbocycles. The lowest BCUT2D eigenvalue weighted by Gasteiger charge is -2.34. The smallest absolute Gasteiger partial charge is 0.254 e. The summed E-state index contributed by atoms with van der Waals surface area (Å²) in [6, 6.07) is 8.06. The lowest BCUT2D eigenvalue weighted by molar-refractivity contribution is 0.0677. The number of aromatic nitrogens is 1. The molecule has 2 heterocycles. The molecule has 1 aliphatic heterocycles. The van der Waals surface area contributed by atoms with Gasteiger partial charge in [0.05, 0.1) is 11.3 Å². The van der Waals surface area contributed by atoms with Crippen LogP contribution in [0.4, 0.5) is 0 Å². The number of hydrogen-bond acceptors (Lipinski definition) is 5. The molecule has 0 spiro atoms. The predicted molar refractivity (Wildman–Crippen MR) is 112 cm³/mol. The third-order valence-electron chi connectivity index (χ3n) is 5.24. The highest BCUT2D eigenvalue weighted by atomic mass is 35.5. The van der Waals surface area contributed by atoms with Crippen LogP contribution in [0.1, 0.15) is 47.1 Å². The number of thioether (sulfide) groups is 1. The van der Waals surface area contributed by atoms with Gasteiger partial charge in [0, 0.05) is 35.3 Å². The van der Waals surface area contributed by atoms with E-state index in [1.165, 1.54) is 0 Å². The van der Waals surface area contributed by atoms with E-state index in [-0.39, 0.29) is 24.4 Å². The molecular formula is C20H28ClN3O2S. The van der Waals surface area contributed by atoms with E-state index in [1.807, 2.05) is 43.0 Å². The average Bonchev–Trinajstić information content (AvgIpc) is 2.97. The first kappa shape index (κ1) is 21.8. The SMILES string of the molecule is Cc1noc(C)c1CSc1ccccc1C(=O)N1CCC(C(C)N)CC1.Cl. The third-order valence-corrected chi connectivity index (χ3v) is 6.34. The second-order valence-electron chi connectivity index (χ2n) is 7.08. The lowest BCUT2D eigenvalue weighted by atomic mass is 9.90. The van der Waals surface area contributed by atoms with E-state index in [1.54, 1.807) is 11.8 Å². The molecule has 1 fully saturated rings. The van der Waals surface area contributed by atoms with Crippen LogP contribution in [0.15, 0.2) is 33.7 Å².